The Balaban J connectivity index is 2.01. The number of fused-ring (bicyclic) bond motifs is 1. The van der Waals surface area contributed by atoms with Crippen LogP contribution in [0.5, 0.6) is 11.5 Å². The molecular weight excluding hydrogens is 287 g/mol. The van der Waals surface area contributed by atoms with Gasteiger partial charge in [0.25, 0.3) is 0 Å². The number of alkyl halides is 3. The molecule has 0 aromatic heterocycles. The highest BCUT2D eigenvalue weighted by Crippen LogP contribution is 2.34. The molecule has 2 rings (SSSR count). The molecular formula is C14H18F3NO3. The van der Waals surface area contributed by atoms with Gasteiger partial charge in [0.15, 0.2) is 11.5 Å². The first kappa shape index (κ1) is 15.9. The van der Waals surface area contributed by atoms with Crippen molar-refractivity contribution in [2.24, 2.45) is 0 Å². The molecule has 0 bridgehead atoms. The molecule has 1 heterocycles. The van der Waals surface area contributed by atoms with Crippen LogP contribution in [-0.2, 0) is 4.74 Å². The number of rotatable bonds is 7. The molecule has 1 N–H and O–H groups in total. The van der Waals surface area contributed by atoms with Crippen molar-refractivity contribution in [1.82, 2.24) is 5.32 Å². The summed E-state index contributed by atoms with van der Waals surface area (Å²) in [5.74, 6) is 1.25. The summed E-state index contributed by atoms with van der Waals surface area (Å²) in [6, 6.07) is 5.01. The second-order valence-corrected chi connectivity index (χ2v) is 4.75. The van der Waals surface area contributed by atoms with Gasteiger partial charge in [0.1, 0.15) is 6.61 Å². The van der Waals surface area contributed by atoms with E-state index in [1.807, 2.05) is 6.92 Å². The third-order valence-corrected chi connectivity index (χ3v) is 2.99. The topological polar surface area (TPSA) is 39.7 Å². The summed E-state index contributed by atoms with van der Waals surface area (Å²) in [7, 11) is 0. The second kappa shape index (κ2) is 7.00. The van der Waals surface area contributed by atoms with Gasteiger partial charge in [0.05, 0.1) is 12.6 Å². The van der Waals surface area contributed by atoms with Crippen molar-refractivity contribution in [3.05, 3.63) is 23.8 Å². The Kier molecular flexibility index (Phi) is 5.30. The molecule has 1 aromatic carbocycles. The zero-order valence-corrected chi connectivity index (χ0v) is 11.7. The van der Waals surface area contributed by atoms with Crippen LogP contribution >= 0.6 is 0 Å². The standard InChI is InChI=1S/C14H18F3NO3/c1-2-5-18-11(7-19-8-14(15,16)17)10-3-4-12-13(6-10)21-9-20-12/h3-4,6,11,18H,2,5,7-9H2,1H3. The van der Waals surface area contributed by atoms with E-state index >= 15 is 0 Å². The summed E-state index contributed by atoms with van der Waals surface area (Å²) in [5, 5.41) is 3.17. The van der Waals surface area contributed by atoms with Gasteiger partial charge in [-0.05, 0) is 30.7 Å². The highest BCUT2D eigenvalue weighted by atomic mass is 19.4. The van der Waals surface area contributed by atoms with E-state index in [1.54, 1.807) is 18.2 Å². The lowest BCUT2D eigenvalue weighted by Gasteiger charge is -2.20. The number of hydrogen-bond acceptors (Lipinski definition) is 4. The average molecular weight is 305 g/mol. The van der Waals surface area contributed by atoms with Crippen LogP contribution in [0.15, 0.2) is 18.2 Å². The molecule has 0 saturated heterocycles. The number of halogens is 3. The first-order valence-corrected chi connectivity index (χ1v) is 6.77. The van der Waals surface area contributed by atoms with Crippen LogP contribution in [0.3, 0.4) is 0 Å². The largest absolute Gasteiger partial charge is 0.454 e. The van der Waals surface area contributed by atoms with E-state index < -0.39 is 12.8 Å². The molecule has 0 aliphatic carbocycles. The smallest absolute Gasteiger partial charge is 0.411 e. The first-order chi connectivity index (χ1) is 9.99. The van der Waals surface area contributed by atoms with Crippen molar-refractivity contribution in [1.29, 1.82) is 0 Å². The van der Waals surface area contributed by atoms with Gasteiger partial charge in [-0.2, -0.15) is 13.2 Å². The molecule has 1 aliphatic heterocycles. The van der Waals surface area contributed by atoms with Crippen LogP contribution in [-0.4, -0.2) is 32.7 Å². The van der Waals surface area contributed by atoms with Crippen LogP contribution in [0.2, 0.25) is 0 Å². The van der Waals surface area contributed by atoms with Gasteiger partial charge in [0.2, 0.25) is 6.79 Å². The minimum absolute atomic E-state index is 0.0564. The Hall–Kier alpha value is -1.47. The summed E-state index contributed by atoms with van der Waals surface area (Å²) in [4.78, 5) is 0. The van der Waals surface area contributed by atoms with Crippen LogP contribution in [0.4, 0.5) is 13.2 Å². The molecule has 0 fully saturated rings. The van der Waals surface area contributed by atoms with E-state index in [4.69, 9.17) is 14.2 Å². The van der Waals surface area contributed by atoms with Crippen LogP contribution in [0, 0.1) is 0 Å². The number of nitrogens with one attached hydrogen (secondary N) is 1. The van der Waals surface area contributed by atoms with Gasteiger partial charge in [-0.1, -0.05) is 13.0 Å². The summed E-state index contributed by atoms with van der Waals surface area (Å²) in [5.41, 5.74) is 0.815. The van der Waals surface area contributed by atoms with Gasteiger partial charge in [0, 0.05) is 0 Å². The maximum absolute atomic E-state index is 12.2. The monoisotopic (exact) mass is 305 g/mol. The predicted octanol–water partition coefficient (Wildman–Crippen LogP) is 3.03. The molecule has 0 radical (unpaired) electrons. The van der Waals surface area contributed by atoms with E-state index in [-0.39, 0.29) is 19.4 Å². The molecule has 1 aromatic rings. The summed E-state index contributed by atoms with van der Waals surface area (Å²) < 4.78 is 51.7. The highest BCUT2D eigenvalue weighted by molar-refractivity contribution is 5.45. The Morgan fingerprint density at radius 1 is 1.29 bits per heavy atom. The SMILES string of the molecule is CCCNC(COCC(F)(F)F)c1ccc2c(c1)OCO2. The molecule has 0 spiro atoms. The van der Waals surface area contributed by atoms with E-state index in [0.717, 1.165) is 12.0 Å². The maximum Gasteiger partial charge on any atom is 0.411 e. The minimum Gasteiger partial charge on any atom is -0.454 e. The third-order valence-electron chi connectivity index (χ3n) is 2.99. The normalized spacial score (nSPS) is 15.2. The fraction of sp³-hybridized carbons (Fsp3) is 0.571. The molecule has 21 heavy (non-hydrogen) atoms. The number of benzene rings is 1. The molecule has 118 valence electrons. The average Bonchev–Trinajstić information content (AvgIpc) is 2.88. The lowest BCUT2D eigenvalue weighted by atomic mass is 10.1. The lowest BCUT2D eigenvalue weighted by Crippen LogP contribution is -2.28. The van der Waals surface area contributed by atoms with Gasteiger partial charge >= 0.3 is 6.18 Å². The van der Waals surface area contributed by atoms with Crippen LogP contribution in [0.1, 0.15) is 24.9 Å². The van der Waals surface area contributed by atoms with Crippen molar-refractivity contribution in [3.8, 4) is 11.5 Å². The maximum atomic E-state index is 12.2. The molecule has 7 heteroatoms. The predicted molar refractivity (Wildman–Crippen MR) is 70.5 cm³/mol. The van der Waals surface area contributed by atoms with Crippen LogP contribution in [0.25, 0.3) is 0 Å². The Morgan fingerprint density at radius 2 is 2.05 bits per heavy atom. The fourth-order valence-electron chi connectivity index (χ4n) is 2.01. The fourth-order valence-corrected chi connectivity index (χ4v) is 2.01. The van der Waals surface area contributed by atoms with Crippen molar-refractivity contribution in [3.63, 3.8) is 0 Å². The highest BCUT2D eigenvalue weighted by Gasteiger charge is 2.28. The van der Waals surface area contributed by atoms with Gasteiger partial charge in [-0.25, -0.2) is 0 Å². The van der Waals surface area contributed by atoms with Crippen LogP contribution < -0.4 is 14.8 Å². The first-order valence-electron chi connectivity index (χ1n) is 6.77. The third kappa shape index (κ3) is 4.78. The summed E-state index contributed by atoms with van der Waals surface area (Å²) in [6.45, 7) is 1.53. The van der Waals surface area contributed by atoms with E-state index in [2.05, 4.69) is 5.32 Å². The second-order valence-electron chi connectivity index (χ2n) is 4.75. The van der Waals surface area contributed by atoms with Gasteiger partial charge in [-0.3, -0.25) is 0 Å². The molecule has 1 atom stereocenters. The quantitative estimate of drug-likeness (QED) is 0.840. The van der Waals surface area contributed by atoms with E-state index in [1.165, 1.54) is 0 Å². The Labute approximate surface area is 121 Å². The molecule has 4 nitrogen and oxygen atoms in total. The molecule has 0 saturated carbocycles. The molecule has 1 unspecified atom stereocenters. The Morgan fingerprint density at radius 3 is 2.76 bits per heavy atom. The molecule has 1 aliphatic rings. The molecule has 0 amide bonds. The van der Waals surface area contributed by atoms with Gasteiger partial charge in [-0.15, -0.1) is 0 Å². The number of hydrogen-bond donors (Lipinski definition) is 1. The zero-order chi connectivity index (χ0) is 15.3. The van der Waals surface area contributed by atoms with E-state index in [9.17, 15) is 13.2 Å². The number of ether oxygens (including phenoxy) is 3. The lowest BCUT2D eigenvalue weighted by molar-refractivity contribution is -0.175. The van der Waals surface area contributed by atoms with Crippen molar-refractivity contribution < 1.29 is 27.4 Å². The Bertz CT molecular complexity index is 465. The summed E-state index contributed by atoms with van der Waals surface area (Å²) >= 11 is 0. The minimum atomic E-state index is -4.32. The summed E-state index contributed by atoms with van der Waals surface area (Å²) in [6.07, 6.45) is -3.44. The van der Waals surface area contributed by atoms with E-state index in [0.29, 0.717) is 18.0 Å². The zero-order valence-electron chi connectivity index (χ0n) is 11.7. The van der Waals surface area contributed by atoms with Gasteiger partial charge < -0.3 is 19.5 Å². The van der Waals surface area contributed by atoms with Crippen molar-refractivity contribution in [2.45, 2.75) is 25.6 Å². The van der Waals surface area contributed by atoms with Crippen molar-refractivity contribution in [2.75, 3.05) is 26.6 Å². The van der Waals surface area contributed by atoms with Crippen molar-refractivity contribution >= 4 is 0 Å².